The van der Waals surface area contributed by atoms with Gasteiger partial charge < -0.3 is 11.1 Å². The number of anilines is 1. The quantitative estimate of drug-likeness (QED) is 0.807. The predicted molar refractivity (Wildman–Crippen MR) is 107 cm³/mol. The highest BCUT2D eigenvalue weighted by Gasteiger charge is 2.15. The highest BCUT2D eigenvalue weighted by atomic mass is 16.1. The highest BCUT2D eigenvalue weighted by Crippen LogP contribution is 2.18. The molecule has 3 N–H and O–H groups in total. The molecule has 1 aliphatic heterocycles. The van der Waals surface area contributed by atoms with E-state index in [1.54, 1.807) is 6.07 Å². The normalized spacial score (nSPS) is 15.8. The van der Waals surface area contributed by atoms with Crippen molar-refractivity contribution in [2.45, 2.75) is 39.8 Å². The van der Waals surface area contributed by atoms with Crippen LogP contribution in [0.3, 0.4) is 0 Å². The summed E-state index contributed by atoms with van der Waals surface area (Å²) >= 11 is 0. The fourth-order valence-corrected chi connectivity index (χ4v) is 3.40. The molecule has 0 unspecified atom stereocenters. The van der Waals surface area contributed by atoms with Crippen LogP contribution in [0.5, 0.6) is 0 Å². The molecule has 4 heteroatoms. The molecule has 1 fully saturated rings. The standard InChI is InChI=1S/C22H29N3O/c1-16-9-11-25(12-10-16)15-19-6-4-18(5-7-19)14-24-22(26)21-13-20(23)8-3-17(21)2/h3-8,13,16H,9-12,14-15,23H2,1-2H3,(H,24,26). The minimum absolute atomic E-state index is 0.0821. The van der Waals surface area contributed by atoms with Crippen LogP contribution in [0.4, 0.5) is 5.69 Å². The smallest absolute Gasteiger partial charge is 0.251 e. The van der Waals surface area contributed by atoms with E-state index in [0.29, 0.717) is 17.8 Å². The molecule has 1 amide bonds. The molecule has 2 aromatic rings. The van der Waals surface area contributed by atoms with Gasteiger partial charge in [0.1, 0.15) is 0 Å². The number of aryl methyl sites for hydroxylation is 1. The molecule has 26 heavy (non-hydrogen) atoms. The number of hydrogen-bond acceptors (Lipinski definition) is 3. The van der Waals surface area contributed by atoms with Crippen molar-refractivity contribution < 1.29 is 4.79 Å². The van der Waals surface area contributed by atoms with Crippen LogP contribution in [-0.4, -0.2) is 23.9 Å². The van der Waals surface area contributed by atoms with Gasteiger partial charge in [-0.25, -0.2) is 0 Å². The summed E-state index contributed by atoms with van der Waals surface area (Å²) in [6, 6.07) is 14.0. The first-order valence-corrected chi connectivity index (χ1v) is 9.46. The average molecular weight is 351 g/mol. The van der Waals surface area contributed by atoms with Gasteiger partial charge in [0, 0.05) is 24.3 Å². The van der Waals surface area contributed by atoms with E-state index in [0.717, 1.165) is 23.6 Å². The van der Waals surface area contributed by atoms with Crippen LogP contribution >= 0.6 is 0 Å². The van der Waals surface area contributed by atoms with Crippen molar-refractivity contribution >= 4 is 11.6 Å². The van der Waals surface area contributed by atoms with Gasteiger partial charge in [-0.15, -0.1) is 0 Å². The molecule has 1 aliphatic rings. The van der Waals surface area contributed by atoms with Gasteiger partial charge in [-0.3, -0.25) is 9.69 Å². The Labute approximate surface area is 156 Å². The zero-order chi connectivity index (χ0) is 18.5. The fraction of sp³-hybridized carbons (Fsp3) is 0.409. The molecule has 0 atom stereocenters. The second-order valence-corrected chi connectivity index (χ2v) is 7.53. The molecule has 1 heterocycles. The summed E-state index contributed by atoms with van der Waals surface area (Å²) < 4.78 is 0. The SMILES string of the molecule is Cc1ccc(N)cc1C(=O)NCc1ccc(CN2CCC(C)CC2)cc1. The third-order valence-electron chi connectivity index (χ3n) is 5.26. The van der Waals surface area contributed by atoms with E-state index in [2.05, 4.69) is 41.4 Å². The number of likely N-dealkylation sites (tertiary alicyclic amines) is 1. The number of nitrogens with one attached hydrogen (secondary N) is 1. The van der Waals surface area contributed by atoms with Gasteiger partial charge in [0.25, 0.3) is 5.91 Å². The van der Waals surface area contributed by atoms with E-state index in [4.69, 9.17) is 5.73 Å². The number of nitrogens with zero attached hydrogens (tertiary/aromatic N) is 1. The van der Waals surface area contributed by atoms with E-state index in [-0.39, 0.29) is 5.91 Å². The van der Waals surface area contributed by atoms with Crippen LogP contribution in [0.1, 0.15) is 46.8 Å². The maximum atomic E-state index is 12.4. The van der Waals surface area contributed by atoms with Gasteiger partial charge in [0.05, 0.1) is 0 Å². The summed E-state index contributed by atoms with van der Waals surface area (Å²) in [5, 5.41) is 2.98. The van der Waals surface area contributed by atoms with Crippen molar-refractivity contribution in [3.63, 3.8) is 0 Å². The van der Waals surface area contributed by atoms with Gasteiger partial charge in [0.15, 0.2) is 0 Å². The number of nitrogens with two attached hydrogens (primary N) is 1. The molecule has 0 radical (unpaired) electrons. The number of nitrogen functional groups attached to an aromatic ring is 1. The van der Waals surface area contributed by atoms with Gasteiger partial charge in [-0.1, -0.05) is 37.3 Å². The second kappa shape index (κ2) is 8.37. The van der Waals surface area contributed by atoms with Crippen LogP contribution in [0.15, 0.2) is 42.5 Å². The van der Waals surface area contributed by atoms with Gasteiger partial charge in [-0.2, -0.15) is 0 Å². The largest absolute Gasteiger partial charge is 0.399 e. The van der Waals surface area contributed by atoms with Crippen LogP contribution < -0.4 is 11.1 Å². The Kier molecular flexibility index (Phi) is 5.94. The Morgan fingerprint density at radius 3 is 2.46 bits per heavy atom. The summed E-state index contributed by atoms with van der Waals surface area (Å²) in [6.07, 6.45) is 2.60. The first-order chi connectivity index (χ1) is 12.5. The van der Waals surface area contributed by atoms with Crippen LogP contribution in [-0.2, 0) is 13.1 Å². The lowest BCUT2D eigenvalue weighted by molar-refractivity contribution is 0.0950. The number of carbonyl (C=O) groups excluding carboxylic acids is 1. The van der Waals surface area contributed by atoms with Crippen molar-refractivity contribution in [2.24, 2.45) is 5.92 Å². The highest BCUT2D eigenvalue weighted by molar-refractivity contribution is 5.96. The lowest BCUT2D eigenvalue weighted by Crippen LogP contribution is -2.32. The maximum Gasteiger partial charge on any atom is 0.251 e. The summed E-state index contributed by atoms with van der Waals surface area (Å²) in [7, 11) is 0. The van der Waals surface area contributed by atoms with E-state index in [9.17, 15) is 4.79 Å². The van der Waals surface area contributed by atoms with Crippen molar-refractivity contribution in [3.8, 4) is 0 Å². The van der Waals surface area contributed by atoms with Crippen molar-refractivity contribution in [2.75, 3.05) is 18.8 Å². The van der Waals surface area contributed by atoms with Crippen LogP contribution in [0.25, 0.3) is 0 Å². The van der Waals surface area contributed by atoms with Gasteiger partial charge in [0.2, 0.25) is 0 Å². The lowest BCUT2D eigenvalue weighted by Gasteiger charge is -2.30. The Hall–Kier alpha value is -2.33. The first-order valence-electron chi connectivity index (χ1n) is 9.46. The number of rotatable bonds is 5. The van der Waals surface area contributed by atoms with Crippen LogP contribution in [0, 0.1) is 12.8 Å². The maximum absolute atomic E-state index is 12.4. The number of benzene rings is 2. The molecular weight excluding hydrogens is 322 g/mol. The van der Waals surface area contributed by atoms with E-state index >= 15 is 0 Å². The Balaban J connectivity index is 1.52. The van der Waals surface area contributed by atoms with E-state index in [1.807, 2.05) is 19.1 Å². The third kappa shape index (κ3) is 4.85. The summed E-state index contributed by atoms with van der Waals surface area (Å²) in [6.45, 7) is 8.18. The summed E-state index contributed by atoms with van der Waals surface area (Å²) in [4.78, 5) is 14.9. The molecule has 0 aliphatic carbocycles. The summed E-state index contributed by atoms with van der Waals surface area (Å²) in [5.41, 5.74) is 10.4. The molecule has 138 valence electrons. The van der Waals surface area contributed by atoms with Gasteiger partial charge >= 0.3 is 0 Å². The zero-order valence-corrected chi connectivity index (χ0v) is 15.8. The van der Waals surface area contributed by atoms with E-state index < -0.39 is 0 Å². The minimum Gasteiger partial charge on any atom is -0.399 e. The number of piperidine rings is 1. The van der Waals surface area contributed by atoms with Crippen molar-refractivity contribution in [1.29, 1.82) is 0 Å². The number of amides is 1. The molecule has 2 aromatic carbocycles. The number of hydrogen-bond donors (Lipinski definition) is 2. The van der Waals surface area contributed by atoms with Crippen molar-refractivity contribution in [3.05, 3.63) is 64.7 Å². The Morgan fingerprint density at radius 1 is 1.12 bits per heavy atom. The minimum atomic E-state index is -0.0821. The molecular formula is C22H29N3O. The predicted octanol–water partition coefficient (Wildman–Crippen LogP) is 3.74. The van der Waals surface area contributed by atoms with Crippen molar-refractivity contribution in [1.82, 2.24) is 10.2 Å². The monoisotopic (exact) mass is 351 g/mol. The molecule has 3 rings (SSSR count). The Morgan fingerprint density at radius 2 is 1.77 bits per heavy atom. The molecule has 0 aromatic heterocycles. The number of carbonyl (C=O) groups is 1. The lowest BCUT2D eigenvalue weighted by atomic mass is 9.99. The van der Waals surface area contributed by atoms with Gasteiger partial charge in [-0.05, 0) is 67.6 Å². The molecule has 4 nitrogen and oxygen atoms in total. The first kappa shape index (κ1) is 18.5. The third-order valence-corrected chi connectivity index (χ3v) is 5.26. The second-order valence-electron chi connectivity index (χ2n) is 7.53. The molecule has 0 bridgehead atoms. The zero-order valence-electron chi connectivity index (χ0n) is 15.8. The topological polar surface area (TPSA) is 58.4 Å². The molecule has 0 saturated carbocycles. The summed E-state index contributed by atoms with van der Waals surface area (Å²) in [5.74, 6) is 0.780. The average Bonchev–Trinajstić information content (AvgIpc) is 2.65. The molecule has 0 spiro atoms. The van der Waals surface area contributed by atoms with Crippen LogP contribution in [0.2, 0.25) is 0 Å². The Bertz CT molecular complexity index is 746. The fourth-order valence-electron chi connectivity index (χ4n) is 3.40. The van der Waals surface area contributed by atoms with E-state index in [1.165, 1.54) is 31.5 Å². The molecule has 1 saturated heterocycles.